The summed E-state index contributed by atoms with van der Waals surface area (Å²) in [6, 6.07) is 9.02. The zero-order valence-corrected chi connectivity index (χ0v) is 15.3. The Morgan fingerprint density at radius 1 is 1.28 bits per heavy atom. The molecule has 2 aromatic heterocycles. The highest BCUT2D eigenvalue weighted by Crippen LogP contribution is 2.45. The number of hydrogen-bond donors (Lipinski definition) is 0. The van der Waals surface area contributed by atoms with Crippen LogP contribution in [-0.2, 0) is 4.74 Å². The topological polar surface area (TPSA) is 69.9 Å². The second-order valence-corrected chi connectivity index (χ2v) is 8.58. The Morgan fingerprint density at radius 3 is 2.96 bits per heavy atom. The van der Waals surface area contributed by atoms with Crippen molar-refractivity contribution in [3.63, 3.8) is 0 Å². The Bertz CT molecular complexity index is 906. The molecule has 0 spiro atoms. The number of esters is 1. The van der Waals surface area contributed by atoms with Gasteiger partial charge in [0.25, 0.3) is 0 Å². The van der Waals surface area contributed by atoms with E-state index in [2.05, 4.69) is 15.0 Å². The first-order valence-electron chi connectivity index (χ1n) is 7.54. The third kappa shape index (κ3) is 3.47. The molecular formula is C16H13ClN4O2S2. The van der Waals surface area contributed by atoms with Crippen molar-refractivity contribution < 1.29 is 9.53 Å². The number of benzene rings is 1. The van der Waals surface area contributed by atoms with Crippen molar-refractivity contribution in [1.82, 2.24) is 19.5 Å². The first-order valence-corrected chi connectivity index (χ1v) is 9.91. The first-order chi connectivity index (χ1) is 12.2. The van der Waals surface area contributed by atoms with Crippen molar-refractivity contribution in [2.45, 2.75) is 9.96 Å². The molecule has 0 N–H and O–H groups in total. The minimum absolute atomic E-state index is 0.168. The minimum Gasteiger partial charge on any atom is -0.460 e. The lowest BCUT2D eigenvalue weighted by Crippen LogP contribution is -2.12. The molecule has 0 amide bonds. The van der Waals surface area contributed by atoms with Gasteiger partial charge in [-0.15, -0.1) is 23.5 Å². The van der Waals surface area contributed by atoms with Crippen LogP contribution in [0.5, 0.6) is 0 Å². The monoisotopic (exact) mass is 392 g/mol. The number of nitrogens with zero attached hydrogens (tertiary/aromatic N) is 4. The summed E-state index contributed by atoms with van der Waals surface area (Å²) in [6.07, 6.45) is 3.18. The molecule has 0 aliphatic carbocycles. The Hall–Kier alpha value is -1.77. The quantitative estimate of drug-likeness (QED) is 0.495. The smallest absolute Gasteiger partial charge is 0.338 e. The molecule has 0 radical (unpaired) electrons. The molecule has 6 nitrogen and oxygen atoms in total. The molecule has 9 heteroatoms. The summed E-state index contributed by atoms with van der Waals surface area (Å²) in [6.45, 7) is 0.363. The van der Waals surface area contributed by atoms with E-state index in [0.717, 1.165) is 11.4 Å². The predicted octanol–water partition coefficient (Wildman–Crippen LogP) is 3.64. The van der Waals surface area contributed by atoms with Crippen LogP contribution in [0.2, 0.25) is 5.15 Å². The molecule has 3 aromatic rings. The molecule has 4 rings (SSSR count). The summed E-state index contributed by atoms with van der Waals surface area (Å²) < 4.78 is 7.61. The summed E-state index contributed by atoms with van der Waals surface area (Å²) in [5.41, 5.74) is 1.90. The highest BCUT2D eigenvalue weighted by atomic mass is 35.5. The van der Waals surface area contributed by atoms with E-state index < -0.39 is 0 Å². The fourth-order valence-electron chi connectivity index (χ4n) is 2.51. The highest BCUT2D eigenvalue weighted by molar-refractivity contribution is 8.20. The van der Waals surface area contributed by atoms with Gasteiger partial charge in [0.1, 0.15) is 18.5 Å². The van der Waals surface area contributed by atoms with Crippen molar-refractivity contribution in [3.05, 3.63) is 53.7 Å². The van der Waals surface area contributed by atoms with Crippen LogP contribution in [0.4, 0.5) is 0 Å². The SMILES string of the molecule is O=C(OC[C@H]1SC[C@H](n2cnc3c(Cl)ncnc32)S1)c1ccccc1. The highest BCUT2D eigenvalue weighted by Gasteiger charge is 2.30. The van der Waals surface area contributed by atoms with Gasteiger partial charge in [0.15, 0.2) is 10.8 Å². The summed E-state index contributed by atoms with van der Waals surface area (Å²) in [5, 5.41) is 0.522. The second kappa shape index (κ2) is 7.23. The third-order valence-corrected chi connectivity index (χ3v) is 7.11. The lowest BCUT2D eigenvalue weighted by molar-refractivity contribution is 0.0524. The number of ether oxygens (including phenoxy) is 1. The van der Waals surface area contributed by atoms with Gasteiger partial charge in [-0.2, -0.15) is 0 Å². The summed E-state index contributed by atoms with van der Waals surface area (Å²) in [4.78, 5) is 24.6. The van der Waals surface area contributed by atoms with E-state index in [1.165, 1.54) is 6.33 Å². The molecule has 1 aromatic carbocycles. The molecular weight excluding hydrogens is 380 g/mol. The van der Waals surface area contributed by atoms with Crippen molar-refractivity contribution in [3.8, 4) is 0 Å². The van der Waals surface area contributed by atoms with Gasteiger partial charge in [-0.1, -0.05) is 29.8 Å². The van der Waals surface area contributed by atoms with Gasteiger partial charge in [-0.25, -0.2) is 19.7 Å². The fourth-order valence-corrected chi connectivity index (χ4v) is 5.66. The number of carbonyl (C=O) groups is 1. The molecule has 3 heterocycles. The number of fused-ring (bicyclic) bond motifs is 1. The maximum atomic E-state index is 12.0. The molecule has 1 aliphatic rings. The number of imidazole rings is 1. The van der Waals surface area contributed by atoms with Gasteiger partial charge in [-0.05, 0) is 12.1 Å². The number of thioether (sulfide) groups is 2. The van der Waals surface area contributed by atoms with Crippen LogP contribution >= 0.6 is 35.1 Å². The number of halogens is 1. The molecule has 0 unspecified atom stereocenters. The first kappa shape index (κ1) is 16.7. The van der Waals surface area contributed by atoms with E-state index in [0.29, 0.717) is 22.8 Å². The van der Waals surface area contributed by atoms with E-state index >= 15 is 0 Å². The normalized spacial score (nSPS) is 20.0. The lowest BCUT2D eigenvalue weighted by Gasteiger charge is -2.12. The van der Waals surface area contributed by atoms with Gasteiger partial charge in [-0.3, -0.25) is 0 Å². The van der Waals surface area contributed by atoms with Crippen LogP contribution in [0.3, 0.4) is 0 Å². The standard InChI is InChI=1S/C16H13ClN4O2S2/c17-14-13-15(19-8-18-14)21(9-20-13)11-7-24-12(25-11)6-23-16(22)10-4-2-1-3-5-10/h1-5,8-9,11-12H,6-7H2/t11-,12+/m1/s1. The number of rotatable bonds is 4. The molecule has 25 heavy (non-hydrogen) atoms. The average molecular weight is 393 g/mol. The summed E-state index contributed by atoms with van der Waals surface area (Å²) in [5.74, 6) is 0.587. The Morgan fingerprint density at radius 2 is 2.12 bits per heavy atom. The van der Waals surface area contributed by atoms with Gasteiger partial charge in [0.2, 0.25) is 0 Å². The molecule has 1 fully saturated rings. The van der Waals surface area contributed by atoms with E-state index in [9.17, 15) is 4.79 Å². The van der Waals surface area contributed by atoms with Crippen molar-refractivity contribution in [2.24, 2.45) is 0 Å². The Labute approximate surface area is 157 Å². The second-order valence-electron chi connectivity index (χ2n) is 5.31. The number of aromatic nitrogens is 4. The molecule has 0 saturated carbocycles. The van der Waals surface area contributed by atoms with E-state index in [1.54, 1.807) is 42.0 Å². The van der Waals surface area contributed by atoms with Crippen LogP contribution < -0.4 is 0 Å². The Balaban J connectivity index is 1.40. The molecule has 1 aliphatic heterocycles. The zero-order chi connectivity index (χ0) is 17.2. The summed E-state index contributed by atoms with van der Waals surface area (Å²) >= 11 is 9.54. The average Bonchev–Trinajstić information content (AvgIpc) is 3.27. The van der Waals surface area contributed by atoms with Crippen LogP contribution in [0.15, 0.2) is 43.0 Å². The van der Waals surface area contributed by atoms with E-state index in [-0.39, 0.29) is 15.9 Å². The maximum Gasteiger partial charge on any atom is 0.338 e. The number of hydrogen-bond acceptors (Lipinski definition) is 7. The third-order valence-electron chi connectivity index (χ3n) is 3.72. The van der Waals surface area contributed by atoms with Gasteiger partial charge in [0, 0.05) is 5.75 Å². The molecule has 2 atom stereocenters. The molecule has 1 saturated heterocycles. The zero-order valence-electron chi connectivity index (χ0n) is 12.9. The van der Waals surface area contributed by atoms with Gasteiger partial charge < -0.3 is 9.30 Å². The van der Waals surface area contributed by atoms with E-state index in [1.807, 2.05) is 22.8 Å². The van der Waals surface area contributed by atoms with E-state index in [4.69, 9.17) is 16.3 Å². The Kier molecular flexibility index (Phi) is 4.82. The van der Waals surface area contributed by atoms with Crippen LogP contribution in [0, 0.1) is 0 Å². The molecule has 0 bridgehead atoms. The van der Waals surface area contributed by atoms with Gasteiger partial charge in [0.05, 0.1) is 21.8 Å². The minimum atomic E-state index is -0.294. The maximum absolute atomic E-state index is 12.0. The number of carbonyl (C=O) groups excluding carboxylic acids is 1. The van der Waals surface area contributed by atoms with Crippen molar-refractivity contribution >= 4 is 52.3 Å². The summed E-state index contributed by atoms with van der Waals surface area (Å²) in [7, 11) is 0. The predicted molar refractivity (Wildman–Crippen MR) is 99.9 cm³/mol. The van der Waals surface area contributed by atoms with Crippen LogP contribution in [-0.4, -0.2) is 42.4 Å². The van der Waals surface area contributed by atoms with Crippen molar-refractivity contribution in [2.75, 3.05) is 12.4 Å². The fraction of sp³-hybridized carbons (Fsp3) is 0.250. The van der Waals surface area contributed by atoms with Crippen LogP contribution in [0.1, 0.15) is 15.7 Å². The van der Waals surface area contributed by atoms with Crippen LogP contribution in [0.25, 0.3) is 11.2 Å². The van der Waals surface area contributed by atoms with Gasteiger partial charge >= 0.3 is 5.97 Å². The van der Waals surface area contributed by atoms with Crippen molar-refractivity contribution in [1.29, 1.82) is 0 Å². The lowest BCUT2D eigenvalue weighted by atomic mass is 10.2. The molecule has 128 valence electrons. The largest absolute Gasteiger partial charge is 0.460 e.